The van der Waals surface area contributed by atoms with Crippen molar-refractivity contribution in [3.8, 4) is 11.4 Å². The highest BCUT2D eigenvalue weighted by molar-refractivity contribution is 5.72. The van der Waals surface area contributed by atoms with Crippen molar-refractivity contribution in [2.75, 3.05) is 5.32 Å². The van der Waals surface area contributed by atoms with Crippen LogP contribution < -0.4 is 11.1 Å². The topological polar surface area (TPSA) is 88.0 Å². The average molecular weight is 205 g/mol. The molecule has 0 saturated carbocycles. The summed E-state index contributed by atoms with van der Waals surface area (Å²) < 4.78 is 4.36. The Balaban J connectivity index is 2.31. The van der Waals surface area contributed by atoms with E-state index in [0.29, 0.717) is 23.5 Å². The van der Waals surface area contributed by atoms with Gasteiger partial charge in [0.05, 0.1) is 0 Å². The normalized spacial score (nSPS) is 9.87. The van der Waals surface area contributed by atoms with Gasteiger partial charge in [-0.25, -0.2) is 4.79 Å². The summed E-state index contributed by atoms with van der Waals surface area (Å²) in [7, 11) is 0. The number of aromatic nitrogens is 2. The number of carbonyl (C=O) groups excluding carboxylic acids is 1. The van der Waals surface area contributed by atoms with E-state index in [1.807, 2.05) is 0 Å². The molecule has 1 aromatic carbocycles. The molecular formula is C9H7N3O3. The summed E-state index contributed by atoms with van der Waals surface area (Å²) in [6.07, 6.45) is 0.590. The number of hydrogen-bond acceptors (Lipinski definition) is 4. The van der Waals surface area contributed by atoms with Crippen LogP contribution in [0.25, 0.3) is 11.4 Å². The number of H-pyrrole nitrogens is 1. The van der Waals surface area contributed by atoms with Gasteiger partial charge in [0.1, 0.15) is 0 Å². The van der Waals surface area contributed by atoms with Gasteiger partial charge in [-0.2, -0.15) is 0 Å². The number of hydrogen-bond donors (Lipinski definition) is 2. The van der Waals surface area contributed by atoms with Gasteiger partial charge in [-0.3, -0.25) is 14.3 Å². The second-order valence-electron chi connectivity index (χ2n) is 2.78. The first kappa shape index (κ1) is 9.20. The van der Waals surface area contributed by atoms with Gasteiger partial charge in [-0.1, -0.05) is 5.16 Å². The van der Waals surface area contributed by atoms with E-state index in [-0.39, 0.29) is 0 Å². The highest BCUT2D eigenvalue weighted by Crippen LogP contribution is 2.16. The Morgan fingerprint density at radius 2 is 2.07 bits per heavy atom. The van der Waals surface area contributed by atoms with E-state index < -0.39 is 5.76 Å². The van der Waals surface area contributed by atoms with Gasteiger partial charge in [0.2, 0.25) is 6.41 Å². The maximum absolute atomic E-state index is 10.7. The first-order valence-electron chi connectivity index (χ1n) is 4.16. The van der Waals surface area contributed by atoms with Crippen molar-refractivity contribution in [2.45, 2.75) is 0 Å². The number of nitrogens with zero attached hydrogens (tertiary/aromatic N) is 1. The van der Waals surface area contributed by atoms with Crippen molar-refractivity contribution in [1.29, 1.82) is 0 Å². The molecular weight excluding hydrogens is 198 g/mol. The first-order chi connectivity index (χ1) is 7.29. The lowest BCUT2D eigenvalue weighted by molar-refractivity contribution is -0.105. The molecule has 1 amide bonds. The zero-order valence-electron chi connectivity index (χ0n) is 7.56. The fourth-order valence-corrected chi connectivity index (χ4v) is 1.15. The minimum Gasteiger partial charge on any atom is -0.329 e. The van der Waals surface area contributed by atoms with E-state index in [1.54, 1.807) is 24.3 Å². The number of rotatable bonds is 3. The number of aromatic amines is 1. The number of carbonyl (C=O) groups is 1. The Hall–Kier alpha value is -2.37. The van der Waals surface area contributed by atoms with Crippen molar-refractivity contribution < 1.29 is 9.32 Å². The molecule has 2 N–H and O–H groups in total. The third kappa shape index (κ3) is 1.93. The van der Waals surface area contributed by atoms with E-state index in [0.717, 1.165) is 0 Å². The summed E-state index contributed by atoms with van der Waals surface area (Å²) >= 11 is 0. The largest absolute Gasteiger partial charge is 0.439 e. The molecule has 0 radical (unpaired) electrons. The van der Waals surface area contributed by atoms with Crippen LogP contribution in [0.1, 0.15) is 0 Å². The maximum Gasteiger partial charge on any atom is 0.439 e. The van der Waals surface area contributed by atoms with Crippen LogP contribution in [0.15, 0.2) is 33.6 Å². The van der Waals surface area contributed by atoms with E-state index in [9.17, 15) is 9.59 Å². The number of anilines is 1. The van der Waals surface area contributed by atoms with Gasteiger partial charge in [0.15, 0.2) is 5.82 Å². The van der Waals surface area contributed by atoms with Crippen LogP contribution in [0, 0.1) is 0 Å². The lowest BCUT2D eigenvalue weighted by Gasteiger charge is -1.98. The second kappa shape index (κ2) is 3.79. The molecule has 76 valence electrons. The van der Waals surface area contributed by atoms with Crippen LogP contribution >= 0.6 is 0 Å². The third-order valence-electron chi connectivity index (χ3n) is 1.82. The monoisotopic (exact) mass is 205 g/mol. The van der Waals surface area contributed by atoms with Crippen LogP contribution in [0.4, 0.5) is 5.69 Å². The van der Waals surface area contributed by atoms with Crippen molar-refractivity contribution in [3.05, 3.63) is 34.8 Å². The zero-order valence-corrected chi connectivity index (χ0v) is 7.56. The molecule has 1 heterocycles. The Kier molecular flexibility index (Phi) is 2.32. The minimum atomic E-state index is -0.597. The third-order valence-corrected chi connectivity index (χ3v) is 1.82. The zero-order chi connectivity index (χ0) is 10.7. The maximum atomic E-state index is 10.7. The number of nitrogens with one attached hydrogen (secondary N) is 2. The molecule has 0 spiro atoms. The number of amides is 1. The molecule has 0 aliphatic carbocycles. The van der Waals surface area contributed by atoms with E-state index in [4.69, 9.17) is 0 Å². The molecule has 0 bridgehead atoms. The molecule has 0 aliphatic heterocycles. The Morgan fingerprint density at radius 3 is 2.60 bits per heavy atom. The van der Waals surface area contributed by atoms with Crippen LogP contribution in [0.3, 0.4) is 0 Å². The molecule has 6 heteroatoms. The van der Waals surface area contributed by atoms with Gasteiger partial charge in [0, 0.05) is 11.3 Å². The predicted molar refractivity (Wildman–Crippen MR) is 52.2 cm³/mol. The van der Waals surface area contributed by atoms with Crippen molar-refractivity contribution in [3.63, 3.8) is 0 Å². The predicted octanol–water partition coefficient (Wildman–Crippen LogP) is 0.598. The second-order valence-corrected chi connectivity index (χ2v) is 2.78. The van der Waals surface area contributed by atoms with E-state index in [1.165, 1.54) is 0 Å². The smallest absolute Gasteiger partial charge is 0.329 e. The van der Waals surface area contributed by atoms with Gasteiger partial charge in [-0.05, 0) is 24.3 Å². The van der Waals surface area contributed by atoms with Gasteiger partial charge >= 0.3 is 5.76 Å². The lowest BCUT2D eigenvalue weighted by atomic mass is 10.2. The minimum absolute atomic E-state index is 0.359. The van der Waals surface area contributed by atoms with Gasteiger partial charge < -0.3 is 5.32 Å². The summed E-state index contributed by atoms with van der Waals surface area (Å²) in [5, 5.41) is 6.02. The molecule has 15 heavy (non-hydrogen) atoms. The highest BCUT2D eigenvalue weighted by atomic mass is 16.5. The van der Waals surface area contributed by atoms with Crippen LogP contribution in [0.5, 0.6) is 0 Å². The van der Waals surface area contributed by atoms with Gasteiger partial charge in [-0.15, -0.1) is 0 Å². The molecule has 6 nitrogen and oxygen atoms in total. The first-order valence-corrected chi connectivity index (χ1v) is 4.16. The average Bonchev–Trinajstić information content (AvgIpc) is 2.67. The SMILES string of the molecule is O=CNc1ccc(-c2noc(=O)[nH]2)cc1. The molecule has 0 aliphatic rings. The summed E-state index contributed by atoms with van der Waals surface area (Å²) in [4.78, 5) is 23.3. The molecule has 0 unspecified atom stereocenters. The highest BCUT2D eigenvalue weighted by Gasteiger charge is 2.03. The van der Waals surface area contributed by atoms with Crippen molar-refractivity contribution in [2.24, 2.45) is 0 Å². The Morgan fingerprint density at radius 1 is 1.33 bits per heavy atom. The van der Waals surface area contributed by atoms with Crippen molar-refractivity contribution >= 4 is 12.1 Å². The summed E-state index contributed by atoms with van der Waals surface area (Å²) in [5.74, 6) is -0.238. The number of benzene rings is 1. The van der Waals surface area contributed by atoms with E-state index >= 15 is 0 Å². The Labute approximate surface area is 83.9 Å². The molecule has 0 saturated heterocycles. The lowest BCUT2D eigenvalue weighted by Crippen LogP contribution is -1.95. The summed E-state index contributed by atoms with van der Waals surface area (Å²) in [6.45, 7) is 0. The standard InChI is InChI=1S/C9H7N3O3/c13-5-10-7-3-1-6(2-4-7)8-11-9(14)15-12-8/h1-5H,(H,10,13)(H,11,12,14). The quantitative estimate of drug-likeness (QED) is 0.718. The fourth-order valence-electron chi connectivity index (χ4n) is 1.15. The van der Waals surface area contributed by atoms with Crippen LogP contribution in [0.2, 0.25) is 0 Å². The fraction of sp³-hybridized carbons (Fsp3) is 0. The van der Waals surface area contributed by atoms with Gasteiger partial charge in [0.25, 0.3) is 0 Å². The molecule has 2 rings (SSSR count). The molecule has 0 atom stereocenters. The molecule has 2 aromatic rings. The molecule has 0 fully saturated rings. The molecule has 1 aromatic heterocycles. The summed E-state index contributed by atoms with van der Waals surface area (Å²) in [6, 6.07) is 6.80. The summed E-state index contributed by atoms with van der Waals surface area (Å²) in [5.41, 5.74) is 1.37. The van der Waals surface area contributed by atoms with Crippen LogP contribution in [-0.4, -0.2) is 16.6 Å². The van der Waals surface area contributed by atoms with E-state index in [2.05, 4.69) is 20.0 Å². The van der Waals surface area contributed by atoms with Crippen LogP contribution in [-0.2, 0) is 4.79 Å². The Bertz CT molecular complexity index is 512. The van der Waals surface area contributed by atoms with Crippen molar-refractivity contribution in [1.82, 2.24) is 10.1 Å².